The zero-order valence-corrected chi connectivity index (χ0v) is 15.4. The fourth-order valence-corrected chi connectivity index (χ4v) is 2.98. The van der Waals surface area contributed by atoms with Gasteiger partial charge in [0.15, 0.2) is 0 Å². The van der Waals surface area contributed by atoms with E-state index in [-0.39, 0.29) is 18.4 Å². The van der Waals surface area contributed by atoms with Crippen molar-refractivity contribution in [2.75, 3.05) is 7.11 Å². The first-order valence-electron chi connectivity index (χ1n) is 8.22. The van der Waals surface area contributed by atoms with Gasteiger partial charge >= 0.3 is 0 Å². The number of halogens is 1. The lowest BCUT2D eigenvalue weighted by Crippen LogP contribution is -2.32. The summed E-state index contributed by atoms with van der Waals surface area (Å²) in [6.45, 7) is 0. The molecule has 1 N–H and O–H groups in total. The molecule has 0 aliphatic rings. The van der Waals surface area contributed by atoms with Crippen LogP contribution in [0.3, 0.4) is 0 Å². The average Bonchev–Trinajstić information content (AvgIpc) is 3.07. The summed E-state index contributed by atoms with van der Waals surface area (Å²) in [5, 5.41) is 3.65. The third-order valence-electron chi connectivity index (χ3n) is 4.18. The number of nitrogens with zero attached hydrogens (tertiary/aromatic N) is 2. The summed E-state index contributed by atoms with van der Waals surface area (Å²) in [7, 11) is 3.52. The number of amides is 1. The molecule has 0 bridgehead atoms. The molecule has 6 heteroatoms. The Labute approximate surface area is 157 Å². The maximum Gasteiger partial charge on any atom is 0.225 e. The minimum Gasteiger partial charge on any atom is -0.497 e. The van der Waals surface area contributed by atoms with E-state index in [1.165, 1.54) is 0 Å². The highest BCUT2D eigenvalue weighted by Gasteiger charge is 2.21. The van der Waals surface area contributed by atoms with Gasteiger partial charge in [-0.1, -0.05) is 41.9 Å². The number of carbonyl (C=O) groups excluding carboxylic acids is 1. The molecule has 0 saturated carbocycles. The molecule has 1 aromatic heterocycles. The lowest BCUT2D eigenvalue weighted by Gasteiger charge is -2.19. The van der Waals surface area contributed by atoms with Gasteiger partial charge in [-0.25, -0.2) is 4.98 Å². The summed E-state index contributed by atoms with van der Waals surface area (Å²) >= 11 is 6.17. The van der Waals surface area contributed by atoms with Gasteiger partial charge in [0.1, 0.15) is 17.6 Å². The van der Waals surface area contributed by atoms with Gasteiger partial charge in [-0.15, -0.1) is 0 Å². The molecule has 1 heterocycles. The molecule has 0 aliphatic carbocycles. The van der Waals surface area contributed by atoms with Crippen LogP contribution in [0.25, 0.3) is 0 Å². The Hall–Kier alpha value is -2.79. The van der Waals surface area contributed by atoms with Crippen molar-refractivity contribution >= 4 is 17.5 Å². The number of benzene rings is 2. The monoisotopic (exact) mass is 369 g/mol. The highest BCUT2D eigenvalue weighted by Crippen LogP contribution is 2.23. The van der Waals surface area contributed by atoms with Crippen LogP contribution in [0.1, 0.15) is 23.0 Å². The van der Waals surface area contributed by atoms with Crippen LogP contribution in [0.4, 0.5) is 0 Å². The molecule has 5 nitrogen and oxygen atoms in total. The molecule has 1 unspecified atom stereocenters. The molecule has 0 saturated heterocycles. The first-order valence-corrected chi connectivity index (χ1v) is 8.60. The van der Waals surface area contributed by atoms with Gasteiger partial charge < -0.3 is 14.6 Å². The maximum absolute atomic E-state index is 12.6. The number of imidazole rings is 1. The molecular formula is C20H20ClN3O2. The van der Waals surface area contributed by atoms with Gasteiger partial charge in [0.2, 0.25) is 5.91 Å². The first-order chi connectivity index (χ1) is 12.6. The number of rotatable bonds is 6. The van der Waals surface area contributed by atoms with Gasteiger partial charge in [-0.05, 0) is 29.3 Å². The van der Waals surface area contributed by atoms with Crippen LogP contribution in [0.2, 0.25) is 5.02 Å². The van der Waals surface area contributed by atoms with Gasteiger partial charge in [0.25, 0.3) is 0 Å². The second-order valence-electron chi connectivity index (χ2n) is 5.94. The molecule has 1 atom stereocenters. The predicted molar refractivity (Wildman–Crippen MR) is 101 cm³/mol. The van der Waals surface area contributed by atoms with E-state index >= 15 is 0 Å². The lowest BCUT2D eigenvalue weighted by atomic mass is 10.0. The lowest BCUT2D eigenvalue weighted by molar-refractivity contribution is -0.121. The van der Waals surface area contributed by atoms with E-state index in [9.17, 15) is 4.79 Å². The van der Waals surface area contributed by atoms with Crippen molar-refractivity contribution in [1.29, 1.82) is 0 Å². The Balaban J connectivity index is 1.85. The number of methoxy groups -OCH3 is 1. The minimum absolute atomic E-state index is 0.123. The smallest absolute Gasteiger partial charge is 0.225 e. The van der Waals surface area contributed by atoms with Crippen LogP contribution in [0.15, 0.2) is 60.9 Å². The number of carbonyl (C=O) groups is 1. The van der Waals surface area contributed by atoms with Crippen LogP contribution in [-0.2, 0) is 18.3 Å². The summed E-state index contributed by atoms with van der Waals surface area (Å²) in [4.78, 5) is 17.1. The normalized spacial score (nSPS) is 11.8. The highest BCUT2D eigenvalue weighted by molar-refractivity contribution is 6.31. The number of aromatic nitrogens is 2. The fraction of sp³-hybridized carbons (Fsp3) is 0.200. The van der Waals surface area contributed by atoms with Crippen LogP contribution < -0.4 is 10.1 Å². The molecule has 0 fully saturated rings. The second-order valence-corrected chi connectivity index (χ2v) is 6.35. The summed E-state index contributed by atoms with van der Waals surface area (Å²) in [5.41, 5.74) is 1.72. The van der Waals surface area contributed by atoms with E-state index in [1.807, 2.05) is 60.3 Å². The van der Waals surface area contributed by atoms with Crippen molar-refractivity contribution in [1.82, 2.24) is 14.9 Å². The molecule has 2 aromatic carbocycles. The number of nitrogens with one attached hydrogen (secondary N) is 1. The summed E-state index contributed by atoms with van der Waals surface area (Å²) in [6.07, 6.45) is 3.77. The summed E-state index contributed by atoms with van der Waals surface area (Å²) in [5.74, 6) is 1.39. The topological polar surface area (TPSA) is 56.1 Å². The Morgan fingerprint density at radius 3 is 2.58 bits per heavy atom. The highest BCUT2D eigenvalue weighted by atomic mass is 35.5. The molecule has 3 rings (SSSR count). The number of aryl methyl sites for hydroxylation is 1. The van der Waals surface area contributed by atoms with Crippen molar-refractivity contribution < 1.29 is 9.53 Å². The number of hydrogen-bond acceptors (Lipinski definition) is 3. The van der Waals surface area contributed by atoms with Gasteiger partial charge in [0.05, 0.1) is 13.5 Å². The largest absolute Gasteiger partial charge is 0.497 e. The van der Waals surface area contributed by atoms with Crippen LogP contribution in [0.5, 0.6) is 5.75 Å². The first kappa shape index (κ1) is 18.0. The van der Waals surface area contributed by atoms with Crippen LogP contribution >= 0.6 is 11.6 Å². The van der Waals surface area contributed by atoms with Gasteiger partial charge in [-0.3, -0.25) is 4.79 Å². The SMILES string of the molecule is COc1ccc(C(NC(=O)Cc2ccccc2Cl)c2nccn2C)cc1. The fourth-order valence-electron chi connectivity index (χ4n) is 2.78. The Morgan fingerprint density at radius 1 is 1.23 bits per heavy atom. The van der Waals surface area contributed by atoms with Crippen LogP contribution in [-0.4, -0.2) is 22.6 Å². The molecule has 0 spiro atoms. The zero-order valence-electron chi connectivity index (χ0n) is 14.6. The van der Waals surface area contributed by atoms with E-state index in [4.69, 9.17) is 16.3 Å². The Kier molecular flexibility index (Phi) is 5.58. The van der Waals surface area contributed by atoms with Crippen LogP contribution in [0, 0.1) is 0 Å². The quantitative estimate of drug-likeness (QED) is 0.723. The number of hydrogen-bond donors (Lipinski definition) is 1. The molecule has 1 amide bonds. The van der Waals surface area contributed by atoms with Gasteiger partial charge in [0, 0.05) is 24.5 Å². The number of ether oxygens (including phenoxy) is 1. The molecule has 134 valence electrons. The van der Waals surface area contributed by atoms with E-state index in [1.54, 1.807) is 19.4 Å². The summed E-state index contributed by atoms with van der Waals surface area (Å²) in [6, 6.07) is 14.6. The van der Waals surface area contributed by atoms with E-state index in [0.717, 1.165) is 22.7 Å². The Bertz CT molecular complexity index is 890. The average molecular weight is 370 g/mol. The van der Waals surface area contributed by atoms with Crippen molar-refractivity contribution in [2.24, 2.45) is 7.05 Å². The van der Waals surface area contributed by atoms with E-state index in [0.29, 0.717) is 5.02 Å². The van der Waals surface area contributed by atoms with E-state index < -0.39 is 0 Å². The third kappa shape index (κ3) is 4.06. The second kappa shape index (κ2) is 8.06. The molecule has 26 heavy (non-hydrogen) atoms. The Morgan fingerprint density at radius 2 is 1.96 bits per heavy atom. The summed E-state index contributed by atoms with van der Waals surface area (Å²) < 4.78 is 7.11. The van der Waals surface area contributed by atoms with Crippen molar-refractivity contribution in [3.8, 4) is 5.75 Å². The van der Waals surface area contributed by atoms with E-state index in [2.05, 4.69) is 10.3 Å². The molecule has 3 aromatic rings. The maximum atomic E-state index is 12.6. The third-order valence-corrected chi connectivity index (χ3v) is 4.55. The van der Waals surface area contributed by atoms with Gasteiger partial charge in [-0.2, -0.15) is 0 Å². The minimum atomic E-state index is -0.365. The molecule has 0 radical (unpaired) electrons. The predicted octanol–water partition coefficient (Wildman–Crippen LogP) is 3.53. The molecule has 0 aliphatic heterocycles. The van der Waals surface area contributed by atoms with Crippen molar-refractivity contribution in [2.45, 2.75) is 12.5 Å². The van der Waals surface area contributed by atoms with Crippen molar-refractivity contribution in [3.05, 3.63) is 82.9 Å². The van der Waals surface area contributed by atoms with Crippen molar-refractivity contribution in [3.63, 3.8) is 0 Å². The standard InChI is InChI=1S/C20H20ClN3O2/c1-24-12-11-22-20(24)19(14-7-9-16(26-2)10-8-14)23-18(25)13-15-5-3-4-6-17(15)21/h3-12,19H,13H2,1-2H3,(H,23,25). The zero-order chi connectivity index (χ0) is 18.5. The molecular weight excluding hydrogens is 350 g/mol.